The average molecular weight is 223 g/mol. The molecule has 3 N–H and O–H groups in total. The van der Waals surface area contributed by atoms with E-state index in [0.717, 1.165) is 12.1 Å². The van der Waals surface area contributed by atoms with Crippen LogP contribution >= 0.6 is 0 Å². The molecule has 0 radical (unpaired) electrons. The van der Waals surface area contributed by atoms with Crippen molar-refractivity contribution in [2.75, 3.05) is 6.54 Å². The fourth-order valence-electron chi connectivity index (χ4n) is 1.63. The predicted molar refractivity (Wildman–Crippen MR) is 64.8 cm³/mol. The maximum Gasteiger partial charge on any atom is 0.224 e. The largest absolute Gasteiger partial charge is 0.350 e. The van der Waals surface area contributed by atoms with Crippen LogP contribution in [0, 0.1) is 12.8 Å². The highest BCUT2D eigenvalue weighted by Gasteiger charge is 2.14. The third-order valence-corrected chi connectivity index (χ3v) is 3.07. The Balaban J connectivity index is 2.52. The lowest BCUT2D eigenvalue weighted by Crippen LogP contribution is -2.34. The molecule has 1 aromatic rings. The molecule has 16 heavy (non-hydrogen) atoms. The smallest absolute Gasteiger partial charge is 0.224 e. The van der Waals surface area contributed by atoms with Gasteiger partial charge in [0.05, 0.1) is 6.54 Å². The number of hydrogen-bond donors (Lipinski definition) is 2. The molecule has 0 aliphatic heterocycles. The molecule has 1 rings (SSSR count). The highest BCUT2D eigenvalue weighted by Crippen LogP contribution is 2.06. The van der Waals surface area contributed by atoms with Gasteiger partial charge in [0.25, 0.3) is 0 Å². The SMILES string of the molecule is CCC(CN)C(=O)NCc1ccc(C)n1C. The molecule has 0 saturated carbocycles. The van der Waals surface area contributed by atoms with Gasteiger partial charge in [0.2, 0.25) is 5.91 Å². The highest BCUT2D eigenvalue weighted by molar-refractivity contribution is 5.78. The fraction of sp³-hybridized carbons (Fsp3) is 0.583. The Kier molecular flexibility index (Phi) is 4.55. The molecule has 4 heteroatoms. The topological polar surface area (TPSA) is 60.1 Å². The van der Waals surface area contributed by atoms with Gasteiger partial charge in [-0.1, -0.05) is 6.92 Å². The van der Waals surface area contributed by atoms with Crippen LogP contribution in [0.1, 0.15) is 24.7 Å². The molecule has 1 amide bonds. The lowest BCUT2D eigenvalue weighted by molar-refractivity contribution is -0.124. The molecule has 0 saturated heterocycles. The van der Waals surface area contributed by atoms with Crippen molar-refractivity contribution in [1.82, 2.24) is 9.88 Å². The van der Waals surface area contributed by atoms with Gasteiger partial charge in [0, 0.05) is 30.9 Å². The summed E-state index contributed by atoms with van der Waals surface area (Å²) in [6, 6.07) is 4.07. The molecule has 0 aliphatic carbocycles. The van der Waals surface area contributed by atoms with E-state index in [1.54, 1.807) is 0 Å². The summed E-state index contributed by atoms with van der Waals surface area (Å²) >= 11 is 0. The summed E-state index contributed by atoms with van der Waals surface area (Å²) < 4.78 is 2.07. The van der Waals surface area contributed by atoms with Crippen LogP contribution in [0.2, 0.25) is 0 Å². The second kappa shape index (κ2) is 5.70. The number of nitrogens with zero attached hydrogens (tertiary/aromatic N) is 1. The van der Waals surface area contributed by atoms with Crippen LogP contribution in [-0.2, 0) is 18.4 Å². The third-order valence-electron chi connectivity index (χ3n) is 3.07. The Morgan fingerprint density at radius 1 is 1.56 bits per heavy atom. The van der Waals surface area contributed by atoms with Gasteiger partial charge < -0.3 is 15.6 Å². The molecule has 0 bridgehead atoms. The summed E-state index contributed by atoms with van der Waals surface area (Å²) in [6.07, 6.45) is 0.786. The van der Waals surface area contributed by atoms with Gasteiger partial charge in [-0.15, -0.1) is 0 Å². The van der Waals surface area contributed by atoms with Crippen LogP contribution in [0.4, 0.5) is 0 Å². The van der Waals surface area contributed by atoms with E-state index in [1.807, 2.05) is 33.0 Å². The van der Waals surface area contributed by atoms with Gasteiger partial charge in [-0.25, -0.2) is 0 Å². The van der Waals surface area contributed by atoms with Crippen molar-refractivity contribution in [3.05, 3.63) is 23.5 Å². The van der Waals surface area contributed by atoms with E-state index in [1.165, 1.54) is 5.69 Å². The van der Waals surface area contributed by atoms with Crippen molar-refractivity contribution in [3.8, 4) is 0 Å². The molecule has 4 nitrogen and oxygen atoms in total. The van der Waals surface area contributed by atoms with Gasteiger partial charge in [0.15, 0.2) is 0 Å². The summed E-state index contributed by atoms with van der Waals surface area (Å²) in [5.74, 6) is -0.0229. The number of nitrogens with one attached hydrogen (secondary N) is 1. The molecule has 0 aliphatic rings. The quantitative estimate of drug-likeness (QED) is 0.780. The Labute approximate surface area is 96.8 Å². The first-order valence-electron chi connectivity index (χ1n) is 5.69. The summed E-state index contributed by atoms with van der Waals surface area (Å²) in [7, 11) is 2.00. The standard InChI is InChI=1S/C12H21N3O/c1-4-10(7-13)12(16)14-8-11-6-5-9(2)15(11)3/h5-6,10H,4,7-8,13H2,1-3H3,(H,14,16). The molecule has 1 heterocycles. The first-order valence-corrected chi connectivity index (χ1v) is 5.69. The van der Waals surface area contributed by atoms with Crippen LogP contribution in [0.15, 0.2) is 12.1 Å². The van der Waals surface area contributed by atoms with Crippen molar-refractivity contribution in [2.45, 2.75) is 26.8 Å². The summed E-state index contributed by atoms with van der Waals surface area (Å²) in [5.41, 5.74) is 7.82. The van der Waals surface area contributed by atoms with Crippen LogP contribution in [-0.4, -0.2) is 17.0 Å². The second-order valence-corrected chi connectivity index (χ2v) is 4.08. The minimum atomic E-state index is -0.0682. The molecule has 0 aromatic carbocycles. The van der Waals surface area contributed by atoms with Gasteiger partial charge in [-0.2, -0.15) is 0 Å². The first-order chi connectivity index (χ1) is 7.60. The molecule has 90 valence electrons. The number of carbonyl (C=O) groups excluding carboxylic acids is 1. The Morgan fingerprint density at radius 3 is 2.69 bits per heavy atom. The number of rotatable bonds is 5. The monoisotopic (exact) mass is 223 g/mol. The van der Waals surface area contributed by atoms with Gasteiger partial charge >= 0.3 is 0 Å². The van der Waals surface area contributed by atoms with Crippen molar-refractivity contribution >= 4 is 5.91 Å². The van der Waals surface area contributed by atoms with E-state index in [0.29, 0.717) is 13.1 Å². The number of aryl methyl sites for hydroxylation is 1. The summed E-state index contributed by atoms with van der Waals surface area (Å²) in [6.45, 7) is 5.00. The lowest BCUT2D eigenvalue weighted by atomic mass is 10.1. The maximum absolute atomic E-state index is 11.7. The molecule has 1 aromatic heterocycles. The Bertz CT molecular complexity index is 353. The minimum Gasteiger partial charge on any atom is -0.350 e. The molecule has 0 fully saturated rings. The van der Waals surface area contributed by atoms with Crippen LogP contribution in [0.3, 0.4) is 0 Å². The van der Waals surface area contributed by atoms with Crippen molar-refractivity contribution < 1.29 is 4.79 Å². The zero-order chi connectivity index (χ0) is 12.1. The fourth-order valence-corrected chi connectivity index (χ4v) is 1.63. The van der Waals surface area contributed by atoms with Gasteiger partial charge in [-0.05, 0) is 25.5 Å². The van der Waals surface area contributed by atoms with E-state index in [-0.39, 0.29) is 11.8 Å². The molecule has 1 unspecified atom stereocenters. The van der Waals surface area contributed by atoms with Crippen molar-refractivity contribution in [2.24, 2.45) is 18.7 Å². The molecular formula is C12H21N3O. The lowest BCUT2D eigenvalue weighted by Gasteiger charge is -2.13. The van der Waals surface area contributed by atoms with Gasteiger partial charge in [0.1, 0.15) is 0 Å². The van der Waals surface area contributed by atoms with Gasteiger partial charge in [-0.3, -0.25) is 4.79 Å². The number of amides is 1. The van der Waals surface area contributed by atoms with Crippen molar-refractivity contribution in [3.63, 3.8) is 0 Å². The second-order valence-electron chi connectivity index (χ2n) is 4.08. The van der Waals surface area contributed by atoms with E-state index < -0.39 is 0 Å². The number of nitrogens with two attached hydrogens (primary N) is 1. The normalized spacial score (nSPS) is 12.5. The first kappa shape index (κ1) is 12.8. The molecule has 1 atom stereocenters. The van der Waals surface area contributed by atoms with E-state index in [9.17, 15) is 4.79 Å². The summed E-state index contributed by atoms with van der Waals surface area (Å²) in [4.78, 5) is 11.7. The Morgan fingerprint density at radius 2 is 2.25 bits per heavy atom. The van der Waals surface area contributed by atoms with E-state index in [4.69, 9.17) is 5.73 Å². The van der Waals surface area contributed by atoms with Crippen LogP contribution in [0.5, 0.6) is 0 Å². The van der Waals surface area contributed by atoms with Crippen molar-refractivity contribution in [1.29, 1.82) is 0 Å². The minimum absolute atomic E-state index is 0.0452. The zero-order valence-electron chi connectivity index (χ0n) is 10.3. The number of hydrogen-bond acceptors (Lipinski definition) is 2. The predicted octanol–water partition coefficient (Wildman–Crippen LogP) is 0.935. The number of carbonyl (C=O) groups is 1. The third kappa shape index (κ3) is 2.85. The molecule has 0 spiro atoms. The number of aromatic nitrogens is 1. The average Bonchev–Trinajstić information content (AvgIpc) is 2.59. The van der Waals surface area contributed by atoms with E-state index in [2.05, 4.69) is 9.88 Å². The van der Waals surface area contributed by atoms with Crippen LogP contribution < -0.4 is 11.1 Å². The maximum atomic E-state index is 11.7. The summed E-state index contributed by atoms with van der Waals surface area (Å²) in [5, 5.41) is 2.92. The van der Waals surface area contributed by atoms with E-state index >= 15 is 0 Å². The zero-order valence-corrected chi connectivity index (χ0v) is 10.3. The molecular weight excluding hydrogens is 202 g/mol. The highest BCUT2D eigenvalue weighted by atomic mass is 16.1. The van der Waals surface area contributed by atoms with Crippen LogP contribution in [0.25, 0.3) is 0 Å². The Hall–Kier alpha value is -1.29.